The number of aromatic nitrogens is 1. The molecule has 2 rings (SSSR count). The van der Waals surface area contributed by atoms with Crippen molar-refractivity contribution in [2.24, 2.45) is 11.1 Å². The summed E-state index contributed by atoms with van der Waals surface area (Å²) in [4.78, 5) is 18.5. The molecule has 2 heterocycles. The predicted molar refractivity (Wildman–Crippen MR) is 74.1 cm³/mol. The fraction of sp³-hybridized carbons (Fsp3) is 0.538. The molecule has 1 aromatic rings. The molecule has 0 spiro atoms. The van der Waals surface area contributed by atoms with E-state index in [1.165, 1.54) is 0 Å². The molecule has 104 valence electrons. The summed E-state index contributed by atoms with van der Waals surface area (Å²) in [5.41, 5.74) is 5.94. The van der Waals surface area contributed by atoms with E-state index in [0.29, 0.717) is 24.7 Å². The second-order valence-electron chi connectivity index (χ2n) is 5.26. The van der Waals surface area contributed by atoms with Gasteiger partial charge < -0.3 is 20.7 Å². The van der Waals surface area contributed by atoms with Crippen LogP contribution in [-0.2, 0) is 9.53 Å². The summed E-state index contributed by atoms with van der Waals surface area (Å²) in [6.07, 6.45) is 1.69. The fourth-order valence-electron chi connectivity index (χ4n) is 2.04. The number of hydrogen-bond acceptors (Lipinski definition) is 5. The highest BCUT2D eigenvalue weighted by Crippen LogP contribution is 2.30. The molecule has 6 heteroatoms. The first-order valence-corrected chi connectivity index (χ1v) is 6.22. The van der Waals surface area contributed by atoms with Crippen molar-refractivity contribution in [3.63, 3.8) is 0 Å². The van der Waals surface area contributed by atoms with Gasteiger partial charge in [-0.15, -0.1) is 0 Å². The van der Waals surface area contributed by atoms with Gasteiger partial charge in [-0.05, 0) is 19.1 Å². The van der Waals surface area contributed by atoms with Crippen LogP contribution in [0.2, 0.25) is 0 Å². The lowest BCUT2D eigenvalue weighted by atomic mass is 9.85. The monoisotopic (exact) mass is 264 g/mol. The Hall–Kier alpha value is -1.66. The SMILES string of the molecule is CN(C)c1ncccc1NC(=O)C1(C)COCC1N. The summed E-state index contributed by atoms with van der Waals surface area (Å²) < 4.78 is 5.30. The maximum Gasteiger partial charge on any atom is 0.234 e. The predicted octanol–water partition coefficient (Wildman–Crippen LogP) is 0.450. The smallest absolute Gasteiger partial charge is 0.234 e. The first-order chi connectivity index (χ1) is 8.95. The molecule has 2 unspecified atom stereocenters. The summed E-state index contributed by atoms with van der Waals surface area (Å²) in [7, 11) is 3.76. The number of pyridine rings is 1. The zero-order valence-corrected chi connectivity index (χ0v) is 11.5. The number of carbonyl (C=O) groups is 1. The summed E-state index contributed by atoms with van der Waals surface area (Å²) in [5, 5.41) is 2.90. The number of anilines is 2. The molecule has 19 heavy (non-hydrogen) atoms. The lowest BCUT2D eigenvalue weighted by molar-refractivity contribution is -0.125. The van der Waals surface area contributed by atoms with Gasteiger partial charge in [0.25, 0.3) is 0 Å². The zero-order valence-electron chi connectivity index (χ0n) is 11.5. The molecule has 1 aromatic heterocycles. The Labute approximate surface area is 112 Å². The van der Waals surface area contributed by atoms with Gasteiger partial charge in [0, 0.05) is 26.3 Å². The highest BCUT2D eigenvalue weighted by Gasteiger charge is 2.44. The Balaban J connectivity index is 2.20. The molecule has 0 aromatic carbocycles. The van der Waals surface area contributed by atoms with Gasteiger partial charge in [0.1, 0.15) is 0 Å². The van der Waals surface area contributed by atoms with Gasteiger partial charge in [0.15, 0.2) is 5.82 Å². The average Bonchev–Trinajstić information content (AvgIpc) is 2.71. The minimum absolute atomic E-state index is 0.131. The van der Waals surface area contributed by atoms with E-state index in [0.717, 1.165) is 0 Å². The molecule has 2 atom stereocenters. The van der Waals surface area contributed by atoms with Crippen molar-refractivity contribution in [2.45, 2.75) is 13.0 Å². The molecule has 0 radical (unpaired) electrons. The topological polar surface area (TPSA) is 80.5 Å². The van der Waals surface area contributed by atoms with E-state index in [9.17, 15) is 4.79 Å². The van der Waals surface area contributed by atoms with Gasteiger partial charge in [0.2, 0.25) is 5.91 Å². The van der Waals surface area contributed by atoms with Crippen molar-refractivity contribution in [2.75, 3.05) is 37.5 Å². The largest absolute Gasteiger partial charge is 0.379 e. The number of ether oxygens (including phenoxy) is 1. The van der Waals surface area contributed by atoms with E-state index in [1.54, 1.807) is 12.3 Å². The van der Waals surface area contributed by atoms with Gasteiger partial charge in [-0.1, -0.05) is 0 Å². The maximum atomic E-state index is 12.4. The van der Waals surface area contributed by atoms with Gasteiger partial charge in [-0.3, -0.25) is 4.79 Å². The lowest BCUT2D eigenvalue weighted by Crippen LogP contribution is -2.47. The third kappa shape index (κ3) is 2.54. The minimum atomic E-state index is -0.695. The average molecular weight is 264 g/mol. The van der Waals surface area contributed by atoms with Crippen LogP contribution in [-0.4, -0.2) is 44.2 Å². The molecular weight excluding hydrogens is 244 g/mol. The Morgan fingerprint density at radius 1 is 1.63 bits per heavy atom. The molecular formula is C13H20N4O2. The number of rotatable bonds is 3. The summed E-state index contributed by atoms with van der Waals surface area (Å²) in [6, 6.07) is 3.33. The first kappa shape index (κ1) is 13.8. The van der Waals surface area contributed by atoms with Crippen molar-refractivity contribution in [1.82, 2.24) is 4.98 Å². The van der Waals surface area contributed by atoms with E-state index in [4.69, 9.17) is 10.5 Å². The molecule has 1 saturated heterocycles. The molecule has 6 nitrogen and oxygen atoms in total. The number of hydrogen-bond donors (Lipinski definition) is 2. The van der Waals surface area contributed by atoms with E-state index >= 15 is 0 Å². The Kier molecular flexibility index (Phi) is 3.73. The molecule has 1 amide bonds. The lowest BCUT2D eigenvalue weighted by Gasteiger charge is -2.26. The molecule has 1 aliphatic heterocycles. The number of carbonyl (C=O) groups excluding carboxylic acids is 1. The Morgan fingerprint density at radius 2 is 2.37 bits per heavy atom. The number of nitrogens with one attached hydrogen (secondary N) is 1. The standard InChI is InChI=1S/C13H20N4O2/c1-13(8-19-7-10(13)14)12(18)16-9-5-4-6-15-11(9)17(2)3/h4-6,10H,7-8,14H2,1-3H3,(H,16,18). The van der Waals surface area contributed by atoms with Crippen molar-refractivity contribution in [3.8, 4) is 0 Å². The quantitative estimate of drug-likeness (QED) is 0.828. The first-order valence-electron chi connectivity index (χ1n) is 6.22. The molecule has 1 fully saturated rings. The number of amides is 1. The van der Waals surface area contributed by atoms with E-state index < -0.39 is 5.41 Å². The Bertz CT molecular complexity index is 477. The maximum absolute atomic E-state index is 12.4. The van der Waals surface area contributed by atoms with Gasteiger partial charge in [-0.25, -0.2) is 4.98 Å². The van der Waals surface area contributed by atoms with Crippen LogP contribution in [0.15, 0.2) is 18.3 Å². The zero-order chi connectivity index (χ0) is 14.0. The third-order valence-electron chi connectivity index (χ3n) is 3.49. The highest BCUT2D eigenvalue weighted by molar-refractivity contribution is 5.98. The van der Waals surface area contributed by atoms with Crippen molar-refractivity contribution >= 4 is 17.4 Å². The fourth-order valence-corrected chi connectivity index (χ4v) is 2.04. The Morgan fingerprint density at radius 3 is 2.95 bits per heavy atom. The van der Waals surface area contributed by atoms with E-state index in [-0.39, 0.29) is 11.9 Å². The van der Waals surface area contributed by atoms with E-state index in [1.807, 2.05) is 32.0 Å². The van der Waals surface area contributed by atoms with Crippen LogP contribution < -0.4 is 16.0 Å². The summed E-state index contributed by atoms with van der Waals surface area (Å²) >= 11 is 0. The number of nitrogens with two attached hydrogens (primary N) is 1. The normalized spacial score (nSPS) is 26.2. The molecule has 0 aliphatic carbocycles. The van der Waals surface area contributed by atoms with Crippen LogP contribution in [0.25, 0.3) is 0 Å². The summed E-state index contributed by atoms with van der Waals surface area (Å²) in [6.45, 7) is 2.58. The minimum Gasteiger partial charge on any atom is -0.379 e. The van der Waals surface area contributed by atoms with Crippen LogP contribution in [0.1, 0.15) is 6.92 Å². The van der Waals surface area contributed by atoms with Crippen LogP contribution in [0.4, 0.5) is 11.5 Å². The van der Waals surface area contributed by atoms with Crippen LogP contribution in [0.3, 0.4) is 0 Å². The van der Waals surface area contributed by atoms with Crippen molar-refractivity contribution < 1.29 is 9.53 Å². The summed E-state index contributed by atoms with van der Waals surface area (Å²) in [5.74, 6) is 0.584. The number of nitrogens with zero attached hydrogens (tertiary/aromatic N) is 2. The molecule has 0 bridgehead atoms. The van der Waals surface area contributed by atoms with Crippen LogP contribution >= 0.6 is 0 Å². The molecule has 1 aliphatic rings. The highest BCUT2D eigenvalue weighted by atomic mass is 16.5. The molecule has 0 saturated carbocycles. The van der Waals surface area contributed by atoms with E-state index in [2.05, 4.69) is 10.3 Å². The van der Waals surface area contributed by atoms with Crippen LogP contribution in [0, 0.1) is 5.41 Å². The molecule has 3 N–H and O–H groups in total. The van der Waals surface area contributed by atoms with Gasteiger partial charge in [0.05, 0.1) is 24.3 Å². The second kappa shape index (κ2) is 5.14. The van der Waals surface area contributed by atoms with Gasteiger partial charge in [-0.2, -0.15) is 0 Å². The second-order valence-corrected chi connectivity index (χ2v) is 5.26. The van der Waals surface area contributed by atoms with Crippen molar-refractivity contribution in [3.05, 3.63) is 18.3 Å². The third-order valence-corrected chi connectivity index (χ3v) is 3.49. The van der Waals surface area contributed by atoms with Gasteiger partial charge >= 0.3 is 0 Å². The van der Waals surface area contributed by atoms with Crippen LogP contribution in [0.5, 0.6) is 0 Å². The van der Waals surface area contributed by atoms with Crippen molar-refractivity contribution in [1.29, 1.82) is 0 Å².